The minimum atomic E-state index is -1.07. The molecule has 0 saturated heterocycles. The van der Waals surface area contributed by atoms with Gasteiger partial charge in [0.1, 0.15) is 12.1 Å². The fourth-order valence-corrected chi connectivity index (χ4v) is 4.88. The molecule has 0 bridgehead atoms. The van der Waals surface area contributed by atoms with Gasteiger partial charge in [0.15, 0.2) is 5.78 Å². The SMILES string of the molecule is CC.CC1CCCCC1.CCC(=O)NCC(=O)NC(Cc1ccccc1)C(=O)NC(CCN)C(=O)NCC(=O)NC(C(C)=O)C(C)C.CCCN. The first-order chi connectivity index (χ1) is 24.3. The van der Waals surface area contributed by atoms with Crippen molar-refractivity contribution in [2.75, 3.05) is 26.2 Å². The lowest BCUT2D eigenvalue weighted by Crippen LogP contribution is -2.56. The van der Waals surface area contributed by atoms with Crippen molar-refractivity contribution in [3.8, 4) is 0 Å². The molecule has 1 aromatic rings. The van der Waals surface area contributed by atoms with Crippen molar-refractivity contribution in [2.45, 2.75) is 131 Å². The van der Waals surface area contributed by atoms with Crippen LogP contribution in [0.1, 0.15) is 112 Å². The molecule has 1 aliphatic rings. The molecule has 0 aliphatic heterocycles. The highest BCUT2D eigenvalue weighted by Gasteiger charge is 2.27. The summed E-state index contributed by atoms with van der Waals surface area (Å²) in [6.45, 7) is 15.2. The highest BCUT2D eigenvalue weighted by molar-refractivity contribution is 5.95. The summed E-state index contributed by atoms with van der Waals surface area (Å²) in [5.74, 6) is -1.97. The van der Waals surface area contributed by atoms with Gasteiger partial charge in [-0.3, -0.25) is 28.8 Å². The van der Waals surface area contributed by atoms with Crippen LogP contribution in [-0.2, 0) is 35.2 Å². The van der Waals surface area contributed by atoms with Gasteiger partial charge in [0.2, 0.25) is 29.5 Å². The summed E-state index contributed by atoms with van der Waals surface area (Å²) >= 11 is 0. The monoisotopic (exact) mass is 720 g/mol. The summed E-state index contributed by atoms with van der Waals surface area (Å²) < 4.78 is 0. The van der Waals surface area contributed by atoms with E-state index in [1.165, 1.54) is 39.0 Å². The number of rotatable bonds is 17. The number of ketones is 1. The van der Waals surface area contributed by atoms with Crippen molar-refractivity contribution in [2.24, 2.45) is 23.3 Å². The van der Waals surface area contributed by atoms with Crippen molar-refractivity contribution in [3.05, 3.63) is 35.9 Å². The maximum Gasteiger partial charge on any atom is 0.243 e. The van der Waals surface area contributed by atoms with E-state index in [4.69, 9.17) is 11.5 Å². The van der Waals surface area contributed by atoms with Gasteiger partial charge in [-0.25, -0.2) is 0 Å². The van der Waals surface area contributed by atoms with E-state index < -0.39 is 48.3 Å². The molecular weight excluding hydrogens is 650 g/mol. The van der Waals surface area contributed by atoms with Crippen LogP contribution >= 0.6 is 0 Å². The van der Waals surface area contributed by atoms with Crippen LogP contribution < -0.4 is 38.1 Å². The second kappa shape index (κ2) is 30.9. The second-order valence-corrected chi connectivity index (χ2v) is 12.7. The molecule has 1 fully saturated rings. The van der Waals surface area contributed by atoms with Crippen LogP contribution in [-0.4, -0.2) is 79.6 Å². The lowest BCUT2D eigenvalue weighted by atomic mass is 9.91. The Bertz CT molecular complexity index is 1130. The van der Waals surface area contributed by atoms with E-state index in [2.05, 4.69) is 40.4 Å². The summed E-state index contributed by atoms with van der Waals surface area (Å²) in [7, 11) is 0. The molecule has 13 heteroatoms. The van der Waals surface area contributed by atoms with Crippen molar-refractivity contribution < 1.29 is 28.8 Å². The van der Waals surface area contributed by atoms with Crippen LogP contribution in [0.15, 0.2) is 30.3 Å². The molecule has 0 radical (unpaired) electrons. The molecule has 0 heterocycles. The topological polar surface area (TPSA) is 215 Å². The Labute approximate surface area is 307 Å². The van der Waals surface area contributed by atoms with E-state index in [0.29, 0.717) is 0 Å². The Morgan fingerprint density at radius 2 is 1.29 bits per heavy atom. The first-order valence-electron chi connectivity index (χ1n) is 18.7. The smallest absolute Gasteiger partial charge is 0.243 e. The van der Waals surface area contributed by atoms with Gasteiger partial charge in [-0.15, -0.1) is 0 Å². The van der Waals surface area contributed by atoms with Gasteiger partial charge in [-0.2, -0.15) is 0 Å². The molecule has 3 atom stereocenters. The zero-order valence-corrected chi connectivity index (χ0v) is 32.6. The van der Waals surface area contributed by atoms with Gasteiger partial charge in [-0.1, -0.05) is 111 Å². The van der Waals surface area contributed by atoms with Crippen LogP contribution in [0.4, 0.5) is 0 Å². The van der Waals surface area contributed by atoms with Crippen LogP contribution in [0.25, 0.3) is 0 Å². The summed E-state index contributed by atoms with van der Waals surface area (Å²) in [4.78, 5) is 73.8. The number of nitrogens with one attached hydrogen (secondary N) is 5. The first kappa shape index (κ1) is 49.3. The second-order valence-electron chi connectivity index (χ2n) is 12.7. The number of hydrogen-bond acceptors (Lipinski definition) is 8. The average molecular weight is 720 g/mol. The number of Topliss-reactive ketones (excluding diaryl/α,β-unsaturated/α-hetero) is 1. The standard InChI is InChI=1S/C26H40N6O6.C7H14.C3H9N.C2H6/c1-5-21(34)28-14-22(35)30-20(13-18-9-7-6-8-10-18)26(38)31-19(11-12-27)25(37)29-15-23(36)32-24(16(2)3)17(4)33;1-7-5-3-2-4-6-7;1-2-3-4;1-2/h6-10,16,19-20,24H,5,11-15,27H2,1-4H3,(H,28,34)(H,29,37)(H,30,35)(H,31,38)(H,32,36);7H,2-6H2,1H3;2-4H2,1H3;1-2H3. The Kier molecular flexibility index (Phi) is 29.9. The van der Waals surface area contributed by atoms with E-state index in [1.807, 2.05) is 19.9 Å². The predicted molar refractivity (Wildman–Crippen MR) is 204 cm³/mol. The molecule has 1 saturated carbocycles. The normalized spacial score (nSPS) is 13.9. The molecule has 1 aliphatic carbocycles. The third-order valence-corrected chi connectivity index (χ3v) is 7.82. The lowest BCUT2D eigenvalue weighted by Gasteiger charge is -2.23. The molecular formula is C38H69N7O6. The maximum atomic E-state index is 13.1. The minimum absolute atomic E-state index is 0.0725. The van der Waals surface area contributed by atoms with Gasteiger partial charge in [-0.05, 0) is 50.3 Å². The van der Waals surface area contributed by atoms with E-state index >= 15 is 0 Å². The van der Waals surface area contributed by atoms with Gasteiger partial charge in [0.25, 0.3) is 0 Å². The zero-order chi connectivity index (χ0) is 39.2. The fourth-order valence-electron chi connectivity index (χ4n) is 4.88. The number of carbonyl (C=O) groups is 6. The number of carbonyl (C=O) groups excluding carboxylic acids is 6. The van der Waals surface area contributed by atoms with Gasteiger partial charge in [0.05, 0.1) is 19.1 Å². The number of hydrogen-bond donors (Lipinski definition) is 7. The van der Waals surface area contributed by atoms with Crippen LogP contribution in [0.5, 0.6) is 0 Å². The third-order valence-electron chi connectivity index (χ3n) is 7.82. The molecule has 292 valence electrons. The molecule has 13 nitrogen and oxygen atoms in total. The van der Waals surface area contributed by atoms with E-state index in [-0.39, 0.29) is 50.0 Å². The molecule has 0 spiro atoms. The van der Waals surface area contributed by atoms with Crippen molar-refractivity contribution in [1.29, 1.82) is 0 Å². The van der Waals surface area contributed by atoms with E-state index in [0.717, 1.165) is 24.4 Å². The zero-order valence-electron chi connectivity index (χ0n) is 32.6. The quantitative estimate of drug-likeness (QED) is 0.127. The summed E-state index contributed by atoms with van der Waals surface area (Å²) in [5.41, 5.74) is 11.4. The predicted octanol–water partition coefficient (Wildman–Crippen LogP) is 2.89. The molecule has 3 unspecified atom stereocenters. The highest BCUT2D eigenvalue weighted by Crippen LogP contribution is 2.22. The maximum absolute atomic E-state index is 13.1. The van der Waals surface area contributed by atoms with Gasteiger partial charge >= 0.3 is 0 Å². The van der Waals surface area contributed by atoms with Crippen LogP contribution in [0.3, 0.4) is 0 Å². The Morgan fingerprint density at radius 1 is 0.745 bits per heavy atom. The Balaban J connectivity index is 0. The van der Waals surface area contributed by atoms with Crippen LogP contribution in [0, 0.1) is 11.8 Å². The molecule has 0 aromatic heterocycles. The van der Waals surface area contributed by atoms with E-state index in [1.54, 1.807) is 45.0 Å². The Morgan fingerprint density at radius 3 is 1.75 bits per heavy atom. The molecule has 1 aromatic carbocycles. The van der Waals surface area contributed by atoms with Crippen molar-refractivity contribution >= 4 is 35.3 Å². The Hall–Kier alpha value is -3.84. The molecule has 9 N–H and O–H groups in total. The molecule has 5 amide bonds. The van der Waals surface area contributed by atoms with E-state index in [9.17, 15) is 28.8 Å². The largest absolute Gasteiger partial charge is 0.347 e. The van der Waals surface area contributed by atoms with Gasteiger partial charge in [0, 0.05) is 12.8 Å². The number of amides is 5. The average Bonchev–Trinajstić information content (AvgIpc) is 3.12. The first-order valence-corrected chi connectivity index (χ1v) is 18.7. The van der Waals surface area contributed by atoms with Crippen molar-refractivity contribution in [1.82, 2.24) is 26.6 Å². The fraction of sp³-hybridized carbons (Fsp3) is 0.684. The lowest BCUT2D eigenvalue weighted by molar-refractivity contribution is -0.133. The van der Waals surface area contributed by atoms with Crippen LogP contribution in [0.2, 0.25) is 0 Å². The summed E-state index contributed by atoms with van der Waals surface area (Å²) in [5, 5.41) is 12.7. The summed E-state index contributed by atoms with van der Waals surface area (Å²) in [6.07, 6.45) is 8.97. The van der Waals surface area contributed by atoms with Gasteiger partial charge < -0.3 is 38.1 Å². The molecule has 2 rings (SSSR count). The number of nitrogens with two attached hydrogens (primary N) is 2. The number of benzene rings is 1. The third kappa shape index (κ3) is 24.9. The summed E-state index contributed by atoms with van der Waals surface area (Å²) in [6, 6.07) is 6.20. The minimum Gasteiger partial charge on any atom is -0.347 e. The highest BCUT2D eigenvalue weighted by atomic mass is 16.2. The molecule has 51 heavy (non-hydrogen) atoms. The van der Waals surface area contributed by atoms with Crippen molar-refractivity contribution in [3.63, 3.8) is 0 Å².